The molecule has 0 bridgehead atoms. The first-order valence-corrected chi connectivity index (χ1v) is 5.32. The summed E-state index contributed by atoms with van der Waals surface area (Å²) in [5.74, 6) is -0.0261. The predicted octanol–water partition coefficient (Wildman–Crippen LogP) is 2.36. The van der Waals surface area contributed by atoms with Gasteiger partial charge in [0.1, 0.15) is 5.02 Å². The molecule has 0 aliphatic carbocycles. The van der Waals surface area contributed by atoms with Gasteiger partial charge in [-0.3, -0.25) is 0 Å². The van der Waals surface area contributed by atoms with Crippen LogP contribution in [0.5, 0.6) is 0 Å². The van der Waals surface area contributed by atoms with Gasteiger partial charge in [-0.2, -0.15) is 4.98 Å². The molecule has 0 N–H and O–H groups in total. The molecule has 0 spiro atoms. The molecule has 0 amide bonds. The van der Waals surface area contributed by atoms with Gasteiger partial charge in [0.15, 0.2) is 5.82 Å². The zero-order valence-corrected chi connectivity index (χ0v) is 10.2. The van der Waals surface area contributed by atoms with Crippen molar-refractivity contribution in [2.45, 2.75) is 0 Å². The number of nitrogens with zero attached hydrogens (tertiary/aromatic N) is 3. The third-order valence-electron chi connectivity index (χ3n) is 2.05. The van der Waals surface area contributed by atoms with Crippen molar-refractivity contribution in [1.82, 2.24) is 14.5 Å². The average Bonchev–Trinajstić information content (AvgIpc) is 2.80. The van der Waals surface area contributed by atoms with Crippen molar-refractivity contribution in [2.24, 2.45) is 0 Å². The van der Waals surface area contributed by atoms with Crippen LogP contribution in [0, 0.1) is 0 Å². The van der Waals surface area contributed by atoms with E-state index in [1.54, 1.807) is 23.0 Å². The van der Waals surface area contributed by atoms with Gasteiger partial charge in [0.25, 0.3) is 0 Å². The van der Waals surface area contributed by atoms with E-state index in [-0.39, 0.29) is 5.28 Å². The summed E-state index contributed by atoms with van der Waals surface area (Å²) in [6.45, 7) is 0. The molecule has 7 heteroatoms. The van der Waals surface area contributed by atoms with Crippen molar-refractivity contribution in [3.05, 3.63) is 40.5 Å². The van der Waals surface area contributed by atoms with E-state index in [1.165, 1.54) is 13.3 Å². The molecule has 2 aromatic heterocycles. The van der Waals surface area contributed by atoms with Crippen LogP contribution in [0.2, 0.25) is 10.3 Å². The molecule has 0 aliphatic heterocycles. The Balaban J connectivity index is 2.43. The number of rotatable bonds is 2. The summed E-state index contributed by atoms with van der Waals surface area (Å²) < 4.78 is 6.17. The Morgan fingerprint density at radius 1 is 1.47 bits per heavy atom. The van der Waals surface area contributed by atoms with E-state index < -0.39 is 5.97 Å². The van der Waals surface area contributed by atoms with E-state index in [2.05, 4.69) is 14.7 Å². The summed E-state index contributed by atoms with van der Waals surface area (Å²) in [6.07, 6.45) is 4.58. The number of carbonyl (C=O) groups is 1. The second-order valence-electron chi connectivity index (χ2n) is 3.11. The van der Waals surface area contributed by atoms with E-state index in [4.69, 9.17) is 23.2 Å². The Bertz CT molecular complexity index is 568. The first-order chi connectivity index (χ1) is 8.11. The lowest BCUT2D eigenvalue weighted by Crippen LogP contribution is -2.00. The maximum Gasteiger partial charge on any atom is 0.339 e. The standard InChI is InChI=1S/C10H7Cl2N3O2/c1-17-9(16)6-2-3-15(5-6)8-7(11)4-13-10(12)14-8/h2-5H,1H3. The Morgan fingerprint density at radius 3 is 2.94 bits per heavy atom. The number of carbonyl (C=O) groups excluding carboxylic acids is 1. The quantitative estimate of drug-likeness (QED) is 0.622. The van der Waals surface area contributed by atoms with Crippen LogP contribution in [0.1, 0.15) is 10.4 Å². The molecule has 0 unspecified atom stereocenters. The van der Waals surface area contributed by atoms with Crippen LogP contribution in [-0.4, -0.2) is 27.6 Å². The van der Waals surface area contributed by atoms with Crippen LogP contribution >= 0.6 is 23.2 Å². The van der Waals surface area contributed by atoms with E-state index in [0.717, 1.165) is 0 Å². The molecule has 0 aromatic carbocycles. The Morgan fingerprint density at radius 2 is 2.24 bits per heavy atom. The smallest absolute Gasteiger partial charge is 0.339 e. The Labute approximate surface area is 107 Å². The van der Waals surface area contributed by atoms with E-state index >= 15 is 0 Å². The van der Waals surface area contributed by atoms with Crippen molar-refractivity contribution < 1.29 is 9.53 Å². The summed E-state index contributed by atoms with van der Waals surface area (Å²) in [4.78, 5) is 19.0. The van der Waals surface area contributed by atoms with Crippen LogP contribution in [0.3, 0.4) is 0 Å². The molecule has 0 saturated carbocycles. The lowest BCUT2D eigenvalue weighted by molar-refractivity contribution is 0.0601. The molecule has 0 radical (unpaired) electrons. The second-order valence-corrected chi connectivity index (χ2v) is 3.85. The highest BCUT2D eigenvalue weighted by atomic mass is 35.5. The number of methoxy groups -OCH3 is 1. The van der Waals surface area contributed by atoms with Crippen LogP contribution in [0.15, 0.2) is 24.7 Å². The maximum atomic E-state index is 11.3. The van der Waals surface area contributed by atoms with E-state index in [9.17, 15) is 4.79 Å². The highest BCUT2D eigenvalue weighted by molar-refractivity contribution is 6.32. The second kappa shape index (κ2) is 4.73. The molecule has 17 heavy (non-hydrogen) atoms. The molecule has 2 heterocycles. The molecule has 5 nitrogen and oxygen atoms in total. The van der Waals surface area contributed by atoms with Gasteiger partial charge in [-0.15, -0.1) is 0 Å². The highest BCUT2D eigenvalue weighted by Crippen LogP contribution is 2.19. The molecule has 0 atom stereocenters. The van der Waals surface area contributed by atoms with Gasteiger partial charge in [0, 0.05) is 12.4 Å². The number of ether oxygens (including phenoxy) is 1. The van der Waals surface area contributed by atoms with Crippen molar-refractivity contribution >= 4 is 29.2 Å². The maximum absolute atomic E-state index is 11.3. The van der Waals surface area contributed by atoms with Crippen LogP contribution in [0.4, 0.5) is 0 Å². The van der Waals surface area contributed by atoms with Gasteiger partial charge in [-0.25, -0.2) is 9.78 Å². The van der Waals surface area contributed by atoms with E-state index in [1.807, 2.05) is 0 Å². The summed E-state index contributed by atoms with van der Waals surface area (Å²) in [5.41, 5.74) is 0.401. The van der Waals surface area contributed by atoms with Crippen molar-refractivity contribution in [1.29, 1.82) is 0 Å². The van der Waals surface area contributed by atoms with Gasteiger partial charge in [-0.05, 0) is 17.7 Å². The third-order valence-corrected chi connectivity index (χ3v) is 2.50. The fourth-order valence-corrected chi connectivity index (χ4v) is 1.60. The Hall–Kier alpha value is -1.59. The number of hydrogen-bond acceptors (Lipinski definition) is 4. The van der Waals surface area contributed by atoms with Crippen molar-refractivity contribution in [2.75, 3.05) is 7.11 Å². The van der Waals surface area contributed by atoms with Crippen LogP contribution in [-0.2, 0) is 4.74 Å². The molecule has 88 valence electrons. The minimum Gasteiger partial charge on any atom is -0.465 e. The fourth-order valence-electron chi connectivity index (χ4n) is 1.29. The number of halogens is 2. The zero-order chi connectivity index (χ0) is 12.4. The van der Waals surface area contributed by atoms with Crippen LogP contribution in [0.25, 0.3) is 5.82 Å². The lowest BCUT2D eigenvalue weighted by atomic mass is 10.3. The topological polar surface area (TPSA) is 57.0 Å². The van der Waals surface area contributed by atoms with Gasteiger partial charge >= 0.3 is 5.97 Å². The Kier molecular flexibility index (Phi) is 3.31. The SMILES string of the molecule is COC(=O)c1ccn(-c2nc(Cl)ncc2Cl)c1. The van der Waals surface area contributed by atoms with Crippen LogP contribution < -0.4 is 0 Å². The minimum absolute atomic E-state index is 0.0812. The average molecular weight is 272 g/mol. The highest BCUT2D eigenvalue weighted by Gasteiger charge is 2.11. The normalized spacial score (nSPS) is 10.3. The number of hydrogen-bond donors (Lipinski definition) is 0. The summed E-state index contributed by atoms with van der Waals surface area (Å²) in [7, 11) is 1.31. The largest absolute Gasteiger partial charge is 0.465 e. The van der Waals surface area contributed by atoms with Gasteiger partial charge in [0.05, 0.1) is 18.9 Å². The third kappa shape index (κ3) is 2.40. The zero-order valence-electron chi connectivity index (χ0n) is 8.72. The van der Waals surface area contributed by atoms with E-state index in [0.29, 0.717) is 16.4 Å². The monoisotopic (exact) mass is 271 g/mol. The number of aromatic nitrogens is 3. The molecule has 0 aliphatic rings. The summed E-state index contributed by atoms with van der Waals surface area (Å²) >= 11 is 11.6. The fraction of sp³-hybridized carbons (Fsp3) is 0.100. The minimum atomic E-state index is -0.431. The summed E-state index contributed by atoms with van der Waals surface area (Å²) in [5, 5.41) is 0.416. The molecule has 0 saturated heterocycles. The van der Waals surface area contributed by atoms with Gasteiger partial charge < -0.3 is 9.30 Å². The summed E-state index contributed by atoms with van der Waals surface area (Å²) in [6, 6.07) is 1.60. The predicted molar refractivity (Wildman–Crippen MR) is 62.7 cm³/mol. The van der Waals surface area contributed by atoms with Crippen molar-refractivity contribution in [3.63, 3.8) is 0 Å². The first-order valence-electron chi connectivity index (χ1n) is 4.56. The molecule has 0 fully saturated rings. The molecule has 2 aromatic rings. The van der Waals surface area contributed by atoms with Crippen molar-refractivity contribution in [3.8, 4) is 5.82 Å². The van der Waals surface area contributed by atoms with Gasteiger partial charge in [0.2, 0.25) is 5.28 Å². The van der Waals surface area contributed by atoms with Gasteiger partial charge in [-0.1, -0.05) is 11.6 Å². The lowest BCUT2D eigenvalue weighted by Gasteiger charge is -2.03. The molecular formula is C10H7Cl2N3O2. The number of esters is 1. The molecule has 2 rings (SSSR count). The molecular weight excluding hydrogens is 265 g/mol. The first kappa shape index (κ1) is 11.9.